The summed E-state index contributed by atoms with van der Waals surface area (Å²) in [5.74, 6) is 2.09. The summed E-state index contributed by atoms with van der Waals surface area (Å²) < 4.78 is 5.87. The third-order valence-corrected chi connectivity index (χ3v) is 8.73. The number of carbonyl (C=O) groups is 1. The van der Waals surface area contributed by atoms with Crippen molar-refractivity contribution >= 4 is 22.6 Å². The normalized spacial score (nSPS) is 29.9. The Bertz CT molecular complexity index is 1150. The number of hydrogen-bond acceptors (Lipinski definition) is 5. The number of fused-ring (bicyclic) bond motifs is 5. The molecule has 2 aromatic rings. The van der Waals surface area contributed by atoms with Crippen LogP contribution in [-0.4, -0.2) is 63.5 Å². The first-order valence-corrected chi connectivity index (χ1v) is 14.0. The van der Waals surface area contributed by atoms with Gasteiger partial charge in [0, 0.05) is 49.1 Å². The fraction of sp³-hybridized carbons (Fsp3) is 0.600. The first kappa shape index (κ1) is 23.8. The van der Waals surface area contributed by atoms with E-state index in [-0.39, 0.29) is 12.0 Å². The van der Waals surface area contributed by atoms with Crippen molar-refractivity contribution in [2.24, 2.45) is 0 Å². The Kier molecular flexibility index (Phi) is 6.40. The molecule has 3 saturated heterocycles. The standard InChI is InChI=1S/C30H40N4O2/c1-19(2)36-28-11-7-22-8-12-30(32-29(22)17-28)31-23-15-24-9-10-25(16-23)33(24)18-21-13-26-5-4-6-27(14-21)34(26)20(3)35/h7-8,11-13,17,19,23-27H,4-6,9-10,14-16,18H2,1-3H3,(H,31,32)/t24-,25-,26?,27?/m1/s1. The highest BCUT2D eigenvalue weighted by Crippen LogP contribution is 2.40. The topological polar surface area (TPSA) is 57.7 Å². The maximum absolute atomic E-state index is 12.2. The lowest BCUT2D eigenvalue weighted by Gasteiger charge is -2.46. The molecule has 0 radical (unpaired) electrons. The summed E-state index contributed by atoms with van der Waals surface area (Å²) in [4.78, 5) is 22.1. The summed E-state index contributed by atoms with van der Waals surface area (Å²) in [6.07, 6.45) is 12.1. The van der Waals surface area contributed by atoms with Gasteiger partial charge in [0.1, 0.15) is 11.6 Å². The van der Waals surface area contributed by atoms with Gasteiger partial charge in [-0.3, -0.25) is 9.69 Å². The number of rotatable bonds is 6. The second kappa shape index (κ2) is 9.70. The monoisotopic (exact) mass is 488 g/mol. The molecule has 0 aliphatic carbocycles. The molecule has 5 heterocycles. The molecule has 0 saturated carbocycles. The molecule has 1 amide bonds. The van der Waals surface area contributed by atoms with Gasteiger partial charge in [-0.1, -0.05) is 11.6 Å². The summed E-state index contributed by atoms with van der Waals surface area (Å²) in [6, 6.07) is 12.9. The number of amides is 1. The predicted molar refractivity (Wildman–Crippen MR) is 144 cm³/mol. The number of benzene rings is 1. The summed E-state index contributed by atoms with van der Waals surface area (Å²) in [7, 11) is 0. The summed E-state index contributed by atoms with van der Waals surface area (Å²) >= 11 is 0. The van der Waals surface area contributed by atoms with Crippen LogP contribution < -0.4 is 10.1 Å². The van der Waals surface area contributed by atoms with E-state index in [0.717, 1.165) is 48.3 Å². The molecule has 1 N–H and O–H groups in total. The Labute approximate surface area is 215 Å². The number of carbonyl (C=O) groups excluding carboxylic acids is 1. The van der Waals surface area contributed by atoms with E-state index in [1.807, 2.05) is 26.0 Å². The van der Waals surface area contributed by atoms with Gasteiger partial charge < -0.3 is 15.0 Å². The van der Waals surface area contributed by atoms with E-state index >= 15 is 0 Å². The molecule has 4 atom stereocenters. The number of anilines is 1. The van der Waals surface area contributed by atoms with Gasteiger partial charge in [-0.15, -0.1) is 0 Å². The van der Waals surface area contributed by atoms with Gasteiger partial charge >= 0.3 is 0 Å². The molecule has 3 fully saturated rings. The van der Waals surface area contributed by atoms with Crippen LogP contribution >= 0.6 is 0 Å². The third-order valence-electron chi connectivity index (χ3n) is 8.73. The number of hydrogen-bond donors (Lipinski definition) is 1. The van der Waals surface area contributed by atoms with Crippen LogP contribution in [0.5, 0.6) is 5.75 Å². The number of pyridine rings is 1. The van der Waals surface area contributed by atoms with Gasteiger partial charge in [0.2, 0.25) is 5.91 Å². The molecule has 6 nitrogen and oxygen atoms in total. The minimum atomic E-state index is 0.154. The van der Waals surface area contributed by atoms with Crippen LogP contribution in [0.4, 0.5) is 5.82 Å². The Morgan fingerprint density at radius 2 is 1.86 bits per heavy atom. The predicted octanol–water partition coefficient (Wildman–Crippen LogP) is 5.53. The first-order valence-electron chi connectivity index (χ1n) is 14.0. The van der Waals surface area contributed by atoms with Crippen molar-refractivity contribution in [3.63, 3.8) is 0 Å². The molecule has 6 heteroatoms. The largest absolute Gasteiger partial charge is 0.491 e. The Morgan fingerprint density at radius 1 is 1.08 bits per heavy atom. The van der Waals surface area contributed by atoms with Crippen molar-refractivity contribution in [2.45, 2.75) is 108 Å². The molecule has 0 spiro atoms. The summed E-state index contributed by atoms with van der Waals surface area (Å²) in [5.41, 5.74) is 2.55. The molecule has 36 heavy (non-hydrogen) atoms. The van der Waals surface area contributed by atoms with E-state index in [1.54, 1.807) is 12.5 Å². The maximum atomic E-state index is 12.2. The average Bonchev–Trinajstić information content (AvgIpc) is 3.05. The van der Waals surface area contributed by atoms with E-state index in [2.05, 4.69) is 39.4 Å². The minimum Gasteiger partial charge on any atom is -0.491 e. The second-order valence-corrected chi connectivity index (χ2v) is 11.7. The minimum absolute atomic E-state index is 0.154. The highest BCUT2D eigenvalue weighted by atomic mass is 16.5. The number of ether oxygens (including phenoxy) is 1. The number of piperidine rings is 2. The highest BCUT2D eigenvalue weighted by molar-refractivity contribution is 5.81. The maximum Gasteiger partial charge on any atom is 0.220 e. The lowest BCUT2D eigenvalue weighted by Crippen LogP contribution is -2.53. The van der Waals surface area contributed by atoms with Crippen molar-refractivity contribution in [2.75, 3.05) is 11.9 Å². The van der Waals surface area contributed by atoms with Gasteiger partial charge in [-0.2, -0.15) is 0 Å². The molecule has 4 bridgehead atoms. The third kappa shape index (κ3) is 4.72. The molecular formula is C30H40N4O2. The molecule has 2 unspecified atom stereocenters. The van der Waals surface area contributed by atoms with Crippen molar-refractivity contribution in [1.29, 1.82) is 0 Å². The Balaban J connectivity index is 1.11. The van der Waals surface area contributed by atoms with Gasteiger partial charge in [-0.25, -0.2) is 4.98 Å². The van der Waals surface area contributed by atoms with Gasteiger partial charge in [0.15, 0.2) is 0 Å². The summed E-state index contributed by atoms with van der Waals surface area (Å²) in [6.45, 7) is 6.93. The van der Waals surface area contributed by atoms with Crippen LogP contribution in [0.25, 0.3) is 10.9 Å². The molecule has 4 aliphatic rings. The molecule has 4 aliphatic heterocycles. The van der Waals surface area contributed by atoms with Crippen LogP contribution in [0.2, 0.25) is 0 Å². The number of nitrogens with one attached hydrogen (secondary N) is 1. The Morgan fingerprint density at radius 3 is 2.58 bits per heavy atom. The molecule has 1 aromatic carbocycles. The Hall–Kier alpha value is -2.60. The van der Waals surface area contributed by atoms with E-state index in [1.165, 1.54) is 32.1 Å². The van der Waals surface area contributed by atoms with Crippen LogP contribution in [0.3, 0.4) is 0 Å². The number of aromatic nitrogens is 1. The fourth-order valence-electron chi connectivity index (χ4n) is 7.34. The van der Waals surface area contributed by atoms with Gasteiger partial charge in [0.05, 0.1) is 17.7 Å². The zero-order valence-electron chi connectivity index (χ0n) is 22.0. The van der Waals surface area contributed by atoms with E-state index in [9.17, 15) is 4.79 Å². The molecule has 6 rings (SSSR count). The van der Waals surface area contributed by atoms with Crippen LogP contribution in [-0.2, 0) is 4.79 Å². The van der Waals surface area contributed by atoms with E-state index in [0.29, 0.717) is 30.2 Å². The van der Waals surface area contributed by atoms with Gasteiger partial charge in [-0.05, 0) is 89.5 Å². The van der Waals surface area contributed by atoms with Crippen molar-refractivity contribution in [3.8, 4) is 5.75 Å². The van der Waals surface area contributed by atoms with Crippen LogP contribution in [0.1, 0.15) is 72.1 Å². The smallest absolute Gasteiger partial charge is 0.220 e. The summed E-state index contributed by atoms with van der Waals surface area (Å²) in [5, 5.41) is 4.91. The van der Waals surface area contributed by atoms with Crippen molar-refractivity contribution in [3.05, 3.63) is 42.0 Å². The van der Waals surface area contributed by atoms with Crippen molar-refractivity contribution in [1.82, 2.24) is 14.8 Å². The van der Waals surface area contributed by atoms with Crippen LogP contribution in [0.15, 0.2) is 42.0 Å². The SMILES string of the molecule is CC(=O)N1C2C=C(CN3[C@@H]4CC[C@@H]3CC(Nc3ccc5ccc(OC(C)C)cc5n3)C4)CC1CCC2. The molecule has 192 valence electrons. The van der Waals surface area contributed by atoms with E-state index < -0.39 is 0 Å². The van der Waals surface area contributed by atoms with Crippen LogP contribution in [0, 0.1) is 0 Å². The number of nitrogens with zero attached hydrogens (tertiary/aromatic N) is 3. The zero-order valence-corrected chi connectivity index (χ0v) is 22.0. The average molecular weight is 489 g/mol. The fourth-order valence-corrected chi connectivity index (χ4v) is 7.34. The van der Waals surface area contributed by atoms with E-state index in [4.69, 9.17) is 9.72 Å². The molecular weight excluding hydrogens is 448 g/mol. The molecule has 1 aromatic heterocycles. The quantitative estimate of drug-likeness (QED) is 0.542. The highest BCUT2D eigenvalue weighted by Gasteiger charge is 2.42. The van der Waals surface area contributed by atoms with Gasteiger partial charge in [0.25, 0.3) is 0 Å². The lowest BCUT2D eigenvalue weighted by atomic mass is 9.84. The zero-order chi connectivity index (χ0) is 24.8. The second-order valence-electron chi connectivity index (χ2n) is 11.7. The first-order chi connectivity index (χ1) is 17.4. The lowest BCUT2D eigenvalue weighted by molar-refractivity contribution is -0.135. The van der Waals surface area contributed by atoms with Crippen molar-refractivity contribution < 1.29 is 9.53 Å².